The molecule has 0 aromatic heterocycles. The molecule has 0 saturated heterocycles. The van der Waals surface area contributed by atoms with Crippen molar-refractivity contribution >= 4 is 16.8 Å². The van der Waals surface area contributed by atoms with Gasteiger partial charge in [-0.25, -0.2) is 0 Å². The fraction of sp³-hybridized carbons (Fsp3) is 0.417. The van der Waals surface area contributed by atoms with Crippen molar-refractivity contribution in [1.82, 2.24) is 0 Å². The van der Waals surface area contributed by atoms with Crippen LogP contribution >= 0.6 is 11.6 Å². The van der Waals surface area contributed by atoms with E-state index in [0.717, 1.165) is 19.3 Å². The lowest BCUT2D eigenvalue weighted by Gasteiger charge is -2.15. The molecule has 2 atom stereocenters. The summed E-state index contributed by atoms with van der Waals surface area (Å²) in [6.45, 7) is 0. The Morgan fingerprint density at radius 1 is 1.21 bits per heavy atom. The Labute approximate surface area is 89.1 Å². The lowest BCUT2D eigenvalue weighted by molar-refractivity contribution is -0.115. The summed E-state index contributed by atoms with van der Waals surface area (Å²) in [6.07, 6.45) is 3.15. The van der Waals surface area contributed by atoms with Gasteiger partial charge in [0, 0.05) is 5.92 Å². The number of benzene rings is 1. The fourth-order valence-corrected chi connectivity index (χ4v) is 2.59. The molecule has 1 nitrogen and oxygen atoms in total. The molecule has 1 aliphatic carbocycles. The molecule has 0 heterocycles. The van der Waals surface area contributed by atoms with E-state index in [-0.39, 0.29) is 11.2 Å². The smallest absolute Gasteiger partial charge is 0.225 e. The van der Waals surface area contributed by atoms with Gasteiger partial charge in [-0.3, -0.25) is 4.79 Å². The maximum Gasteiger partial charge on any atom is 0.225 e. The van der Waals surface area contributed by atoms with Gasteiger partial charge in [-0.2, -0.15) is 0 Å². The molecular formula is C12H13ClO. The molecule has 1 saturated carbocycles. The van der Waals surface area contributed by atoms with Gasteiger partial charge in [-0.1, -0.05) is 36.8 Å². The van der Waals surface area contributed by atoms with Crippen LogP contribution in [0.5, 0.6) is 0 Å². The van der Waals surface area contributed by atoms with Crippen LogP contribution < -0.4 is 0 Å². The first-order valence-corrected chi connectivity index (χ1v) is 5.41. The van der Waals surface area contributed by atoms with E-state index in [4.69, 9.17) is 11.6 Å². The van der Waals surface area contributed by atoms with Crippen LogP contribution in [0.1, 0.15) is 30.7 Å². The zero-order chi connectivity index (χ0) is 9.97. The monoisotopic (exact) mass is 208 g/mol. The van der Waals surface area contributed by atoms with E-state index in [2.05, 4.69) is 12.1 Å². The van der Waals surface area contributed by atoms with E-state index in [1.54, 1.807) is 0 Å². The third-order valence-electron chi connectivity index (χ3n) is 3.04. The van der Waals surface area contributed by atoms with Gasteiger partial charge < -0.3 is 0 Å². The first-order chi connectivity index (χ1) is 6.79. The van der Waals surface area contributed by atoms with E-state index in [0.29, 0.717) is 5.92 Å². The molecule has 1 aromatic carbocycles. The maximum absolute atomic E-state index is 11.2. The molecule has 0 unspecified atom stereocenters. The van der Waals surface area contributed by atoms with Gasteiger partial charge in [0.25, 0.3) is 0 Å². The van der Waals surface area contributed by atoms with Crippen molar-refractivity contribution in [3.8, 4) is 0 Å². The summed E-state index contributed by atoms with van der Waals surface area (Å²) in [6, 6.07) is 10.2. The maximum atomic E-state index is 11.2. The van der Waals surface area contributed by atoms with Crippen LogP contribution in [-0.2, 0) is 4.79 Å². The van der Waals surface area contributed by atoms with Crippen LogP contribution in [-0.4, -0.2) is 5.24 Å². The van der Waals surface area contributed by atoms with E-state index < -0.39 is 0 Å². The number of carbonyl (C=O) groups is 1. The SMILES string of the molecule is O=C(Cl)[C@@H]1CCC[C@H]1c1ccccc1. The highest BCUT2D eigenvalue weighted by molar-refractivity contribution is 6.64. The summed E-state index contributed by atoms with van der Waals surface area (Å²) in [4.78, 5) is 11.2. The van der Waals surface area contributed by atoms with Gasteiger partial charge in [0.1, 0.15) is 0 Å². The Balaban J connectivity index is 2.22. The van der Waals surface area contributed by atoms with Gasteiger partial charge in [0.2, 0.25) is 5.24 Å². The Hall–Kier alpha value is -0.820. The van der Waals surface area contributed by atoms with Crippen LogP contribution in [0.25, 0.3) is 0 Å². The number of carbonyl (C=O) groups excluding carboxylic acids is 1. The zero-order valence-electron chi connectivity index (χ0n) is 7.95. The Bertz CT molecular complexity index is 320. The Morgan fingerprint density at radius 3 is 2.57 bits per heavy atom. The molecule has 2 rings (SSSR count). The molecule has 1 aromatic rings. The fourth-order valence-electron chi connectivity index (χ4n) is 2.33. The van der Waals surface area contributed by atoms with Crippen LogP contribution in [0.3, 0.4) is 0 Å². The third kappa shape index (κ3) is 1.83. The van der Waals surface area contributed by atoms with Crippen molar-refractivity contribution in [3.05, 3.63) is 35.9 Å². The highest BCUT2D eigenvalue weighted by atomic mass is 35.5. The lowest BCUT2D eigenvalue weighted by Crippen LogP contribution is -2.12. The second kappa shape index (κ2) is 4.14. The van der Waals surface area contributed by atoms with E-state index >= 15 is 0 Å². The highest BCUT2D eigenvalue weighted by Gasteiger charge is 2.32. The van der Waals surface area contributed by atoms with E-state index in [1.165, 1.54) is 5.56 Å². The van der Waals surface area contributed by atoms with Crippen LogP contribution in [0.4, 0.5) is 0 Å². The van der Waals surface area contributed by atoms with Gasteiger partial charge in [-0.05, 0) is 35.9 Å². The average Bonchev–Trinajstić information content (AvgIpc) is 2.67. The molecule has 0 amide bonds. The molecule has 1 fully saturated rings. The normalized spacial score (nSPS) is 26.4. The van der Waals surface area contributed by atoms with Gasteiger partial charge in [0.15, 0.2) is 0 Å². The van der Waals surface area contributed by atoms with Crippen molar-refractivity contribution in [2.75, 3.05) is 0 Å². The predicted octanol–water partition coefficient (Wildman–Crippen LogP) is 3.34. The Morgan fingerprint density at radius 2 is 1.93 bits per heavy atom. The molecule has 0 aliphatic heterocycles. The van der Waals surface area contributed by atoms with E-state index in [1.807, 2.05) is 18.2 Å². The largest absolute Gasteiger partial charge is 0.281 e. The second-order valence-corrected chi connectivity index (χ2v) is 4.23. The zero-order valence-corrected chi connectivity index (χ0v) is 8.70. The van der Waals surface area contributed by atoms with E-state index in [9.17, 15) is 4.79 Å². The van der Waals surface area contributed by atoms with Crippen LogP contribution in [0, 0.1) is 5.92 Å². The summed E-state index contributed by atoms with van der Waals surface area (Å²) in [7, 11) is 0. The minimum absolute atomic E-state index is 0.0408. The van der Waals surface area contributed by atoms with Crippen LogP contribution in [0.2, 0.25) is 0 Å². The average molecular weight is 209 g/mol. The van der Waals surface area contributed by atoms with Gasteiger partial charge >= 0.3 is 0 Å². The quantitative estimate of drug-likeness (QED) is 0.682. The molecule has 2 heteroatoms. The van der Waals surface area contributed by atoms with Crippen molar-refractivity contribution in [1.29, 1.82) is 0 Å². The number of halogens is 1. The number of rotatable bonds is 2. The summed E-state index contributed by atoms with van der Waals surface area (Å²) in [5, 5.41) is -0.170. The van der Waals surface area contributed by atoms with Crippen molar-refractivity contribution < 1.29 is 4.79 Å². The molecule has 0 spiro atoms. The number of hydrogen-bond acceptors (Lipinski definition) is 1. The standard InChI is InChI=1S/C12H13ClO/c13-12(14)11-8-4-7-10(11)9-5-2-1-3-6-9/h1-3,5-6,10-11H,4,7-8H2/t10-,11+/m0/s1. The van der Waals surface area contributed by atoms with Crippen molar-refractivity contribution in [2.45, 2.75) is 25.2 Å². The van der Waals surface area contributed by atoms with Crippen molar-refractivity contribution in [3.63, 3.8) is 0 Å². The minimum atomic E-state index is -0.170. The molecule has 0 N–H and O–H groups in total. The molecule has 14 heavy (non-hydrogen) atoms. The first-order valence-electron chi connectivity index (χ1n) is 5.03. The second-order valence-electron chi connectivity index (χ2n) is 3.86. The highest BCUT2D eigenvalue weighted by Crippen LogP contribution is 2.40. The molecule has 1 aliphatic rings. The summed E-state index contributed by atoms with van der Waals surface area (Å²) >= 11 is 5.59. The summed E-state index contributed by atoms with van der Waals surface area (Å²) in [5.74, 6) is 0.389. The number of hydrogen-bond donors (Lipinski definition) is 0. The Kier molecular flexibility index (Phi) is 2.87. The first kappa shape index (κ1) is 9.72. The summed E-state index contributed by atoms with van der Waals surface area (Å²) in [5.41, 5.74) is 1.25. The topological polar surface area (TPSA) is 17.1 Å². The molecule has 0 radical (unpaired) electrons. The molecule has 74 valence electrons. The third-order valence-corrected chi connectivity index (χ3v) is 3.32. The lowest BCUT2D eigenvalue weighted by atomic mass is 9.90. The van der Waals surface area contributed by atoms with Crippen LogP contribution in [0.15, 0.2) is 30.3 Å². The molecule has 0 bridgehead atoms. The van der Waals surface area contributed by atoms with Gasteiger partial charge in [0.05, 0.1) is 0 Å². The van der Waals surface area contributed by atoms with Gasteiger partial charge in [-0.15, -0.1) is 0 Å². The minimum Gasteiger partial charge on any atom is -0.281 e. The van der Waals surface area contributed by atoms with Crippen molar-refractivity contribution in [2.24, 2.45) is 5.92 Å². The summed E-state index contributed by atoms with van der Waals surface area (Å²) < 4.78 is 0. The molecular weight excluding hydrogens is 196 g/mol. The predicted molar refractivity (Wildman–Crippen MR) is 57.4 cm³/mol.